The van der Waals surface area contributed by atoms with Crippen LogP contribution in [-0.4, -0.2) is 31.2 Å². The normalized spacial score (nSPS) is 24.6. The van der Waals surface area contributed by atoms with Crippen LogP contribution in [0, 0.1) is 19.8 Å². The van der Waals surface area contributed by atoms with E-state index in [-0.39, 0.29) is 16.9 Å². The SMILES string of the molecule is Cc1n[nH]c(C)c1S(=O)(=O)NC1CCCCC1CN. The Labute approximate surface area is 114 Å². The maximum atomic E-state index is 12.5. The van der Waals surface area contributed by atoms with Gasteiger partial charge in [0, 0.05) is 6.04 Å². The molecule has 1 aromatic rings. The van der Waals surface area contributed by atoms with Gasteiger partial charge < -0.3 is 5.73 Å². The van der Waals surface area contributed by atoms with Crippen LogP contribution in [0.2, 0.25) is 0 Å². The van der Waals surface area contributed by atoms with Crippen molar-refractivity contribution in [3.8, 4) is 0 Å². The molecule has 4 N–H and O–H groups in total. The Balaban J connectivity index is 2.21. The van der Waals surface area contributed by atoms with Gasteiger partial charge in [-0.15, -0.1) is 0 Å². The molecule has 0 aromatic carbocycles. The van der Waals surface area contributed by atoms with Crippen LogP contribution in [-0.2, 0) is 10.0 Å². The molecular weight excluding hydrogens is 264 g/mol. The summed E-state index contributed by atoms with van der Waals surface area (Å²) in [6, 6.07) is -0.0579. The number of aromatic amines is 1. The van der Waals surface area contributed by atoms with Gasteiger partial charge in [0.05, 0.1) is 11.4 Å². The third-order valence-electron chi connectivity index (χ3n) is 3.85. The summed E-state index contributed by atoms with van der Waals surface area (Å²) in [6.45, 7) is 3.94. The van der Waals surface area contributed by atoms with Crippen LogP contribution in [0.3, 0.4) is 0 Å². The predicted octanol–water partition coefficient (Wildman–Crippen LogP) is 0.822. The molecule has 1 fully saturated rings. The fourth-order valence-electron chi connectivity index (χ4n) is 2.84. The van der Waals surface area contributed by atoms with Crippen molar-refractivity contribution in [2.24, 2.45) is 11.7 Å². The van der Waals surface area contributed by atoms with Crippen molar-refractivity contribution in [3.63, 3.8) is 0 Å². The first-order valence-corrected chi connectivity index (χ1v) is 8.18. The number of nitrogens with one attached hydrogen (secondary N) is 2. The van der Waals surface area contributed by atoms with Gasteiger partial charge >= 0.3 is 0 Å². The van der Waals surface area contributed by atoms with Gasteiger partial charge in [0.15, 0.2) is 0 Å². The molecule has 0 amide bonds. The highest BCUT2D eigenvalue weighted by molar-refractivity contribution is 7.89. The topological polar surface area (TPSA) is 101 Å². The van der Waals surface area contributed by atoms with E-state index in [0.29, 0.717) is 17.9 Å². The molecule has 2 rings (SSSR count). The maximum Gasteiger partial charge on any atom is 0.244 e. The second kappa shape index (κ2) is 5.60. The highest BCUT2D eigenvalue weighted by Crippen LogP contribution is 2.26. The van der Waals surface area contributed by atoms with E-state index in [2.05, 4.69) is 14.9 Å². The number of H-pyrrole nitrogens is 1. The van der Waals surface area contributed by atoms with Crippen molar-refractivity contribution in [1.29, 1.82) is 0 Å². The zero-order chi connectivity index (χ0) is 14.0. The second-order valence-electron chi connectivity index (χ2n) is 5.27. The van der Waals surface area contributed by atoms with E-state index in [9.17, 15) is 8.42 Å². The van der Waals surface area contributed by atoms with Crippen LogP contribution < -0.4 is 10.5 Å². The lowest BCUT2D eigenvalue weighted by Crippen LogP contribution is -2.44. The summed E-state index contributed by atoms with van der Waals surface area (Å²) in [5.41, 5.74) is 6.82. The molecule has 7 heteroatoms. The third kappa shape index (κ3) is 2.98. The summed E-state index contributed by atoms with van der Waals surface area (Å²) in [5, 5.41) is 6.66. The number of nitrogens with zero attached hydrogens (tertiary/aromatic N) is 1. The number of aromatic nitrogens is 2. The molecular formula is C12H22N4O2S. The van der Waals surface area contributed by atoms with Crippen LogP contribution in [0.25, 0.3) is 0 Å². The minimum atomic E-state index is -3.52. The summed E-state index contributed by atoms with van der Waals surface area (Å²) in [7, 11) is -3.52. The monoisotopic (exact) mass is 286 g/mol. The lowest BCUT2D eigenvalue weighted by Gasteiger charge is -2.31. The number of sulfonamides is 1. The highest BCUT2D eigenvalue weighted by Gasteiger charge is 2.30. The summed E-state index contributed by atoms with van der Waals surface area (Å²) < 4.78 is 27.7. The summed E-state index contributed by atoms with van der Waals surface area (Å²) >= 11 is 0. The summed E-state index contributed by atoms with van der Waals surface area (Å²) in [6.07, 6.45) is 4.03. The molecule has 1 aromatic heterocycles. The number of aryl methyl sites for hydroxylation is 2. The summed E-state index contributed by atoms with van der Waals surface area (Å²) in [5.74, 6) is 0.232. The molecule has 2 atom stereocenters. The fraction of sp³-hybridized carbons (Fsp3) is 0.750. The van der Waals surface area contributed by atoms with E-state index < -0.39 is 10.0 Å². The minimum absolute atomic E-state index is 0.0579. The van der Waals surface area contributed by atoms with Crippen LogP contribution in [0.15, 0.2) is 4.90 Å². The predicted molar refractivity (Wildman–Crippen MR) is 73.2 cm³/mol. The molecule has 0 spiro atoms. The van der Waals surface area contributed by atoms with Crippen LogP contribution in [0.1, 0.15) is 37.1 Å². The average molecular weight is 286 g/mol. The molecule has 1 aliphatic carbocycles. The number of hydrogen-bond donors (Lipinski definition) is 3. The fourth-order valence-corrected chi connectivity index (χ4v) is 4.55. The Morgan fingerprint density at radius 3 is 2.63 bits per heavy atom. The highest BCUT2D eigenvalue weighted by atomic mass is 32.2. The molecule has 0 radical (unpaired) electrons. The van der Waals surface area contributed by atoms with E-state index >= 15 is 0 Å². The van der Waals surface area contributed by atoms with Gasteiger partial charge in [-0.2, -0.15) is 5.10 Å². The van der Waals surface area contributed by atoms with E-state index in [1.54, 1.807) is 13.8 Å². The first-order chi connectivity index (χ1) is 8.95. The smallest absolute Gasteiger partial charge is 0.244 e. The van der Waals surface area contributed by atoms with Crippen molar-refractivity contribution in [1.82, 2.24) is 14.9 Å². The maximum absolute atomic E-state index is 12.5. The Kier molecular flexibility index (Phi) is 4.27. The molecule has 6 nitrogen and oxygen atoms in total. The molecule has 2 unspecified atom stereocenters. The van der Waals surface area contributed by atoms with Crippen molar-refractivity contribution >= 4 is 10.0 Å². The van der Waals surface area contributed by atoms with Crippen molar-refractivity contribution < 1.29 is 8.42 Å². The molecule has 1 heterocycles. The number of rotatable bonds is 4. The second-order valence-corrected chi connectivity index (χ2v) is 6.92. The van der Waals surface area contributed by atoms with Crippen molar-refractivity contribution in [3.05, 3.63) is 11.4 Å². The quantitative estimate of drug-likeness (QED) is 0.763. The average Bonchev–Trinajstić information content (AvgIpc) is 2.70. The van der Waals surface area contributed by atoms with E-state index in [1.165, 1.54) is 0 Å². The Morgan fingerprint density at radius 1 is 1.37 bits per heavy atom. The zero-order valence-corrected chi connectivity index (χ0v) is 12.3. The molecule has 0 bridgehead atoms. The van der Waals surface area contributed by atoms with Crippen molar-refractivity contribution in [2.75, 3.05) is 6.54 Å². The lowest BCUT2D eigenvalue weighted by molar-refractivity contribution is 0.296. The molecule has 1 aliphatic rings. The lowest BCUT2D eigenvalue weighted by atomic mass is 9.85. The standard InChI is InChI=1S/C12H22N4O2S/c1-8-12(9(2)15-14-8)19(17,18)16-11-6-4-3-5-10(11)7-13/h10-11,16H,3-7,13H2,1-2H3,(H,14,15). The van der Waals surface area contributed by atoms with E-state index in [0.717, 1.165) is 25.7 Å². The number of hydrogen-bond acceptors (Lipinski definition) is 4. The molecule has 108 valence electrons. The number of nitrogens with two attached hydrogens (primary N) is 1. The molecule has 1 saturated carbocycles. The van der Waals surface area contributed by atoms with Gasteiger partial charge in [-0.05, 0) is 39.2 Å². The minimum Gasteiger partial charge on any atom is -0.330 e. The first-order valence-electron chi connectivity index (χ1n) is 6.69. The van der Waals surface area contributed by atoms with E-state index in [4.69, 9.17) is 5.73 Å². The van der Waals surface area contributed by atoms with Gasteiger partial charge in [-0.25, -0.2) is 13.1 Å². The van der Waals surface area contributed by atoms with Crippen LogP contribution in [0.5, 0.6) is 0 Å². The van der Waals surface area contributed by atoms with E-state index in [1.807, 2.05) is 0 Å². The van der Waals surface area contributed by atoms with Crippen LogP contribution >= 0.6 is 0 Å². The summed E-state index contributed by atoms with van der Waals surface area (Å²) in [4.78, 5) is 0.272. The third-order valence-corrected chi connectivity index (χ3v) is 5.60. The van der Waals surface area contributed by atoms with Crippen LogP contribution in [0.4, 0.5) is 0 Å². The largest absolute Gasteiger partial charge is 0.330 e. The van der Waals surface area contributed by atoms with Gasteiger partial charge in [0.25, 0.3) is 0 Å². The van der Waals surface area contributed by atoms with Gasteiger partial charge in [0.1, 0.15) is 4.90 Å². The van der Waals surface area contributed by atoms with Gasteiger partial charge in [0.2, 0.25) is 10.0 Å². The van der Waals surface area contributed by atoms with Gasteiger partial charge in [-0.1, -0.05) is 12.8 Å². The molecule has 0 aliphatic heterocycles. The van der Waals surface area contributed by atoms with Gasteiger partial charge in [-0.3, -0.25) is 5.10 Å². The Bertz CT molecular complexity index is 518. The Morgan fingerprint density at radius 2 is 2.05 bits per heavy atom. The zero-order valence-electron chi connectivity index (χ0n) is 11.4. The first kappa shape index (κ1) is 14.5. The Hall–Kier alpha value is -0.920. The molecule has 0 saturated heterocycles. The molecule has 19 heavy (non-hydrogen) atoms. The van der Waals surface area contributed by atoms with Crippen molar-refractivity contribution in [2.45, 2.75) is 50.5 Å².